The number of benzene rings is 1. The monoisotopic (exact) mass is 328 g/mol. The molecule has 130 valence electrons. The molecule has 4 rings (SSSR count). The SMILES string of the molecule is O=C(CNC[C@@H]1CCCO1)NC[C@H]1C[C@@]12CCCc1ccccc12. The van der Waals surface area contributed by atoms with E-state index in [-0.39, 0.29) is 5.91 Å². The normalized spacial score (nSPS) is 31.0. The van der Waals surface area contributed by atoms with E-state index in [0.29, 0.717) is 24.0 Å². The molecule has 1 saturated heterocycles. The van der Waals surface area contributed by atoms with Crippen molar-refractivity contribution in [2.45, 2.75) is 50.0 Å². The topological polar surface area (TPSA) is 50.4 Å². The maximum absolute atomic E-state index is 12.1. The van der Waals surface area contributed by atoms with Crippen LogP contribution in [0.1, 0.15) is 43.2 Å². The third-order valence-electron chi connectivity index (χ3n) is 6.08. The first-order valence-electron chi connectivity index (χ1n) is 9.45. The lowest BCUT2D eigenvalue weighted by Gasteiger charge is -2.26. The summed E-state index contributed by atoms with van der Waals surface area (Å²) in [5.41, 5.74) is 3.43. The van der Waals surface area contributed by atoms with Gasteiger partial charge in [-0.25, -0.2) is 0 Å². The lowest BCUT2D eigenvalue weighted by atomic mass is 9.78. The van der Waals surface area contributed by atoms with Crippen molar-refractivity contribution in [3.8, 4) is 0 Å². The highest BCUT2D eigenvalue weighted by Gasteiger charge is 2.56. The Morgan fingerprint density at radius 2 is 2.17 bits per heavy atom. The van der Waals surface area contributed by atoms with Crippen LogP contribution in [0.5, 0.6) is 0 Å². The predicted octanol–water partition coefficient (Wildman–Crippen LogP) is 2.17. The van der Waals surface area contributed by atoms with E-state index in [1.165, 1.54) is 31.2 Å². The number of aryl methyl sites for hydroxylation is 1. The second-order valence-corrected chi connectivity index (χ2v) is 7.64. The van der Waals surface area contributed by atoms with E-state index in [1.807, 2.05) is 0 Å². The second-order valence-electron chi connectivity index (χ2n) is 7.64. The van der Waals surface area contributed by atoms with Gasteiger partial charge in [-0.05, 0) is 55.6 Å². The molecule has 4 heteroatoms. The van der Waals surface area contributed by atoms with Crippen LogP contribution in [0.4, 0.5) is 0 Å². The van der Waals surface area contributed by atoms with Gasteiger partial charge >= 0.3 is 0 Å². The number of carbonyl (C=O) groups is 1. The number of carbonyl (C=O) groups excluding carboxylic acids is 1. The number of nitrogens with one attached hydrogen (secondary N) is 2. The zero-order chi connectivity index (χ0) is 16.4. The first kappa shape index (κ1) is 16.1. The van der Waals surface area contributed by atoms with Gasteiger partial charge < -0.3 is 15.4 Å². The summed E-state index contributed by atoms with van der Waals surface area (Å²) in [4.78, 5) is 12.1. The third kappa shape index (κ3) is 3.22. The zero-order valence-corrected chi connectivity index (χ0v) is 14.4. The highest BCUT2D eigenvalue weighted by Crippen LogP contribution is 2.59. The molecule has 24 heavy (non-hydrogen) atoms. The van der Waals surface area contributed by atoms with E-state index in [4.69, 9.17) is 4.74 Å². The van der Waals surface area contributed by atoms with Crippen LogP contribution in [0.3, 0.4) is 0 Å². The van der Waals surface area contributed by atoms with Gasteiger partial charge in [0.1, 0.15) is 0 Å². The molecule has 1 aliphatic heterocycles. The molecule has 1 spiro atoms. The van der Waals surface area contributed by atoms with Crippen molar-refractivity contribution in [2.75, 3.05) is 26.2 Å². The molecule has 4 nitrogen and oxygen atoms in total. The Kier molecular flexibility index (Phi) is 4.59. The van der Waals surface area contributed by atoms with Crippen molar-refractivity contribution < 1.29 is 9.53 Å². The fraction of sp³-hybridized carbons (Fsp3) is 0.650. The minimum absolute atomic E-state index is 0.110. The highest BCUT2D eigenvalue weighted by molar-refractivity contribution is 5.78. The van der Waals surface area contributed by atoms with Gasteiger partial charge in [-0.2, -0.15) is 0 Å². The third-order valence-corrected chi connectivity index (χ3v) is 6.08. The van der Waals surface area contributed by atoms with Crippen LogP contribution in [-0.2, 0) is 21.4 Å². The fourth-order valence-electron chi connectivity index (χ4n) is 4.69. The maximum Gasteiger partial charge on any atom is 0.233 e. The van der Waals surface area contributed by atoms with Gasteiger partial charge in [0.25, 0.3) is 0 Å². The molecule has 1 heterocycles. The molecule has 0 unspecified atom stereocenters. The summed E-state index contributed by atoms with van der Waals surface area (Å²) in [6, 6.07) is 8.89. The quantitative estimate of drug-likeness (QED) is 0.841. The molecule has 1 saturated carbocycles. The van der Waals surface area contributed by atoms with Crippen LogP contribution in [0.25, 0.3) is 0 Å². The number of ether oxygens (including phenoxy) is 1. The number of fused-ring (bicyclic) bond motifs is 2. The molecule has 1 amide bonds. The lowest BCUT2D eigenvalue weighted by molar-refractivity contribution is -0.120. The molecule has 1 aromatic carbocycles. The fourth-order valence-corrected chi connectivity index (χ4v) is 4.69. The molecular formula is C20H28N2O2. The molecule has 2 N–H and O–H groups in total. The Hall–Kier alpha value is -1.39. The van der Waals surface area contributed by atoms with Gasteiger partial charge in [0.15, 0.2) is 0 Å². The summed E-state index contributed by atoms with van der Waals surface area (Å²) in [5, 5.41) is 6.35. The Balaban J connectivity index is 1.23. The van der Waals surface area contributed by atoms with Gasteiger partial charge in [-0.3, -0.25) is 4.79 Å². The zero-order valence-electron chi connectivity index (χ0n) is 14.4. The molecule has 3 atom stereocenters. The first-order chi connectivity index (χ1) is 11.8. The van der Waals surface area contributed by atoms with E-state index in [0.717, 1.165) is 32.5 Å². The Labute approximate surface area is 144 Å². The van der Waals surface area contributed by atoms with E-state index < -0.39 is 0 Å². The molecule has 2 aliphatic carbocycles. The van der Waals surface area contributed by atoms with E-state index in [2.05, 4.69) is 34.9 Å². The highest BCUT2D eigenvalue weighted by atomic mass is 16.5. The van der Waals surface area contributed by atoms with Crippen molar-refractivity contribution in [3.63, 3.8) is 0 Å². The van der Waals surface area contributed by atoms with Crippen molar-refractivity contribution in [3.05, 3.63) is 35.4 Å². The molecule has 0 aromatic heterocycles. The minimum Gasteiger partial charge on any atom is -0.377 e. The Morgan fingerprint density at radius 3 is 3.04 bits per heavy atom. The van der Waals surface area contributed by atoms with Crippen molar-refractivity contribution >= 4 is 5.91 Å². The van der Waals surface area contributed by atoms with Gasteiger partial charge in [-0.15, -0.1) is 0 Å². The van der Waals surface area contributed by atoms with Crippen LogP contribution in [-0.4, -0.2) is 38.3 Å². The van der Waals surface area contributed by atoms with Crippen LogP contribution < -0.4 is 10.6 Å². The molecular weight excluding hydrogens is 300 g/mol. The summed E-state index contributed by atoms with van der Waals surface area (Å²) in [7, 11) is 0. The predicted molar refractivity (Wildman–Crippen MR) is 94.0 cm³/mol. The molecule has 3 aliphatic rings. The second kappa shape index (κ2) is 6.85. The number of amides is 1. The van der Waals surface area contributed by atoms with Crippen molar-refractivity contribution in [1.82, 2.24) is 10.6 Å². The summed E-state index contributed by atoms with van der Waals surface area (Å²) >= 11 is 0. The lowest BCUT2D eigenvalue weighted by Crippen LogP contribution is -2.38. The Morgan fingerprint density at radius 1 is 1.25 bits per heavy atom. The average Bonchev–Trinajstić information content (AvgIpc) is 3.03. The minimum atomic E-state index is 0.110. The smallest absolute Gasteiger partial charge is 0.233 e. The number of rotatable bonds is 6. The summed E-state index contributed by atoms with van der Waals surface area (Å²) in [6.45, 7) is 2.86. The average molecular weight is 328 g/mol. The van der Waals surface area contributed by atoms with Gasteiger partial charge in [0.2, 0.25) is 5.91 Å². The van der Waals surface area contributed by atoms with Crippen LogP contribution in [0.15, 0.2) is 24.3 Å². The number of hydrogen-bond acceptors (Lipinski definition) is 3. The van der Waals surface area contributed by atoms with Crippen molar-refractivity contribution in [1.29, 1.82) is 0 Å². The summed E-state index contributed by atoms with van der Waals surface area (Å²) in [6.07, 6.45) is 7.55. The maximum atomic E-state index is 12.1. The van der Waals surface area contributed by atoms with E-state index >= 15 is 0 Å². The van der Waals surface area contributed by atoms with Gasteiger partial charge in [0.05, 0.1) is 12.6 Å². The Bertz CT molecular complexity index is 597. The largest absolute Gasteiger partial charge is 0.377 e. The van der Waals surface area contributed by atoms with Gasteiger partial charge in [0, 0.05) is 25.1 Å². The van der Waals surface area contributed by atoms with Crippen LogP contribution in [0, 0.1) is 5.92 Å². The molecule has 1 aromatic rings. The standard InChI is InChI=1S/C20H28N2O2/c23-19(14-21-13-17-7-4-10-24-17)22-12-16-11-20(16)9-3-6-15-5-1-2-8-18(15)20/h1-2,5,8,16-17,21H,3-4,6-7,9-14H2,(H,22,23)/t16-,17+,20+/m1/s1. The summed E-state index contributed by atoms with van der Waals surface area (Å²) < 4.78 is 5.56. The number of hydrogen-bond donors (Lipinski definition) is 2. The van der Waals surface area contributed by atoms with E-state index in [1.54, 1.807) is 5.56 Å². The van der Waals surface area contributed by atoms with E-state index in [9.17, 15) is 4.79 Å². The first-order valence-corrected chi connectivity index (χ1v) is 9.45. The van der Waals surface area contributed by atoms with Crippen LogP contribution in [0.2, 0.25) is 0 Å². The molecule has 0 bridgehead atoms. The molecule has 0 radical (unpaired) electrons. The van der Waals surface area contributed by atoms with Crippen molar-refractivity contribution in [2.24, 2.45) is 5.92 Å². The van der Waals surface area contributed by atoms with Crippen LogP contribution >= 0.6 is 0 Å². The van der Waals surface area contributed by atoms with Gasteiger partial charge in [-0.1, -0.05) is 24.3 Å². The summed E-state index contributed by atoms with van der Waals surface area (Å²) in [5.74, 6) is 0.722. The molecule has 2 fully saturated rings.